The first-order valence-corrected chi connectivity index (χ1v) is 10.6. The van der Waals surface area contributed by atoms with Gasteiger partial charge in [-0.3, -0.25) is 9.59 Å². The second kappa shape index (κ2) is 9.24. The van der Waals surface area contributed by atoms with Gasteiger partial charge in [-0.05, 0) is 75.1 Å². The maximum atomic E-state index is 13.0. The molecule has 0 fully saturated rings. The molecule has 0 bridgehead atoms. The normalized spacial score (nSPS) is 14.1. The van der Waals surface area contributed by atoms with Crippen molar-refractivity contribution < 1.29 is 19.1 Å². The molecule has 2 aromatic rings. The Labute approximate surface area is 178 Å². The van der Waals surface area contributed by atoms with Crippen molar-refractivity contribution in [2.75, 3.05) is 4.90 Å². The Hall–Kier alpha value is -2.95. The number of hydrogen-bond donors (Lipinski definition) is 0. The van der Waals surface area contributed by atoms with E-state index in [0.29, 0.717) is 11.3 Å². The number of nitrogens with zero attached hydrogens (tertiary/aromatic N) is 1. The molecular weight excluding hydrogens is 378 g/mol. The van der Waals surface area contributed by atoms with E-state index in [9.17, 15) is 14.4 Å². The molecule has 0 spiro atoms. The summed E-state index contributed by atoms with van der Waals surface area (Å²) in [6.07, 6.45) is 5.11. The summed E-state index contributed by atoms with van der Waals surface area (Å²) >= 11 is 0. The lowest BCUT2D eigenvalue weighted by Gasteiger charge is -2.15. The molecule has 2 amide bonds. The zero-order chi connectivity index (χ0) is 21.8. The Balaban J connectivity index is 1.75. The molecular formula is C25H29NO4. The highest BCUT2D eigenvalue weighted by Crippen LogP contribution is 2.30. The number of unbranched alkanes of at least 4 members (excludes halogenated alkanes) is 3. The van der Waals surface area contributed by atoms with E-state index in [1.54, 1.807) is 18.2 Å². The van der Waals surface area contributed by atoms with E-state index in [1.807, 2.05) is 32.9 Å². The molecule has 0 radical (unpaired) electrons. The minimum absolute atomic E-state index is 0.188. The van der Waals surface area contributed by atoms with Crippen molar-refractivity contribution in [3.63, 3.8) is 0 Å². The van der Waals surface area contributed by atoms with Gasteiger partial charge in [-0.2, -0.15) is 0 Å². The van der Waals surface area contributed by atoms with Gasteiger partial charge >= 0.3 is 5.97 Å². The van der Waals surface area contributed by atoms with E-state index in [2.05, 4.69) is 6.92 Å². The summed E-state index contributed by atoms with van der Waals surface area (Å²) < 4.78 is 5.53. The van der Waals surface area contributed by atoms with E-state index in [0.717, 1.165) is 36.8 Å². The van der Waals surface area contributed by atoms with Crippen molar-refractivity contribution in [3.05, 3.63) is 64.2 Å². The Bertz CT molecular complexity index is 979. The van der Waals surface area contributed by atoms with Crippen LogP contribution in [-0.2, 0) is 4.74 Å². The van der Waals surface area contributed by atoms with E-state index >= 15 is 0 Å². The summed E-state index contributed by atoms with van der Waals surface area (Å²) in [5.74, 6) is -1.26. The van der Waals surface area contributed by atoms with Gasteiger partial charge in [0.15, 0.2) is 0 Å². The number of imide groups is 1. The monoisotopic (exact) mass is 407 g/mol. The first kappa shape index (κ1) is 21.8. The molecule has 0 aliphatic carbocycles. The van der Waals surface area contributed by atoms with Crippen LogP contribution in [-0.4, -0.2) is 23.9 Å². The van der Waals surface area contributed by atoms with Crippen molar-refractivity contribution in [1.82, 2.24) is 0 Å². The topological polar surface area (TPSA) is 63.7 Å². The van der Waals surface area contributed by atoms with Crippen LogP contribution in [0.5, 0.6) is 0 Å². The Morgan fingerprint density at radius 2 is 1.67 bits per heavy atom. The van der Waals surface area contributed by atoms with Crippen LogP contribution in [0, 0.1) is 13.8 Å². The van der Waals surface area contributed by atoms with Crippen LogP contribution in [0.15, 0.2) is 36.4 Å². The van der Waals surface area contributed by atoms with E-state index < -0.39 is 11.9 Å². The number of esters is 1. The summed E-state index contributed by atoms with van der Waals surface area (Å²) in [5.41, 5.74) is 3.46. The van der Waals surface area contributed by atoms with Crippen molar-refractivity contribution in [2.45, 2.75) is 65.9 Å². The van der Waals surface area contributed by atoms with E-state index in [4.69, 9.17) is 4.74 Å². The largest absolute Gasteiger partial charge is 0.459 e. The minimum atomic E-state index is -0.467. The number of ether oxygens (including phenoxy) is 1. The first-order chi connectivity index (χ1) is 14.3. The Morgan fingerprint density at radius 1 is 0.933 bits per heavy atom. The quantitative estimate of drug-likeness (QED) is 0.324. The van der Waals surface area contributed by atoms with Crippen LogP contribution in [0.25, 0.3) is 0 Å². The summed E-state index contributed by atoms with van der Waals surface area (Å²) in [6.45, 7) is 7.95. The number of aryl methyl sites for hydroxylation is 2. The fraction of sp³-hybridized carbons (Fsp3) is 0.400. The van der Waals surface area contributed by atoms with Crippen molar-refractivity contribution in [1.29, 1.82) is 0 Å². The van der Waals surface area contributed by atoms with Crippen LogP contribution < -0.4 is 4.90 Å². The third-order valence-electron chi connectivity index (χ3n) is 5.64. The summed E-state index contributed by atoms with van der Waals surface area (Å²) in [5, 5.41) is 0. The SMILES string of the molecule is CCCCCC[C@@H](C)OC(=O)c1ccc2c(c1)C(=O)N(c1ccc(C)c(C)c1)C2=O. The van der Waals surface area contributed by atoms with Gasteiger partial charge in [-0.1, -0.05) is 32.3 Å². The van der Waals surface area contributed by atoms with Crippen molar-refractivity contribution in [2.24, 2.45) is 0 Å². The molecule has 0 saturated heterocycles. The predicted octanol–water partition coefficient (Wildman–Crippen LogP) is 5.62. The summed E-state index contributed by atoms with van der Waals surface area (Å²) in [4.78, 5) is 39.5. The highest BCUT2D eigenvalue weighted by molar-refractivity contribution is 6.34. The molecule has 5 nitrogen and oxygen atoms in total. The number of fused-ring (bicyclic) bond motifs is 1. The number of anilines is 1. The lowest BCUT2D eigenvalue weighted by Crippen LogP contribution is -2.29. The highest BCUT2D eigenvalue weighted by atomic mass is 16.5. The van der Waals surface area contributed by atoms with Gasteiger partial charge in [0.2, 0.25) is 0 Å². The number of benzene rings is 2. The summed E-state index contributed by atoms with van der Waals surface area (Å²) in [6, 6.07) is 10.0. The van der Waals surface area contributed by atoms with Crippen LogP contribution in [0.2, 0.25) is 0 Å². The van der Waals surface area contributed by atoms with Gasteiger partial charge in [0.1, 0.15) is 0 Å². The molecule has 0 saturated carbocycles. The van der Waals surface area contributed by atoms with Gasteiger partial charge in [-0.15, -0.1) is 0 Å². The van der Waals surface area contributed by atoms with Gasteiger partial charge in [0, 0.05) is 0 Å². The van der Waals surface area contributed by atoms with Crippen LogP contribution in [0.3, 0.4) is 0 Å². The number of carbonyl (C=O) groups is 3. The summed E-state index contributed by atoms with van der Waals surface area (Å²) in [7, 11) is 0. The molecule has 1 heterocycles. The van der Waals surface area contributed by atoms with Gasteiger partial charge in [0.25, 0.3) is 11.8 Å². The maximum Gasteiger partial charge on any atom is 0.338 e. The zero-order valence-electron chi connectivity index (χ0n) is 18.2. The smallest absolute Gasteiger partial charge is 0.338 e. The number of amides is 2. The Morgan fingerprint density at radius 3 is 2.37 bits per heavy atom. The number of carbonyl (C=O) groups excluding carboxylic acids is 3. The van der Waals surface area contributed by atoms with Crippen LogP contribution in [0.4, 0.5) is 5.69 Å². The van der Waals surface area contributed by atoms with Crippen molar-refractivity contribution in [3.8, 4) is 0 Å². The van der Waals surface area contributed by atoms with Gasteiger partial charge in [-0.25, -0.2) is 9.69 Å². The van der Waals surface area contributed by atoms with E-state index in [1.165, 1.54) is 17.4 Å². The van der Waals surface area contributed by atoms with Gasteiger partial charge in [0.05, 0.1) is 28.5 Å². The second-order valence-corrected chi connectivity index (χ2v) is 8.04. The lowest BCUT2D eigenvalue weighted by molar-refractivity contribution is 0.0319. The van der Waals surface area contributed by atoms with Crippen LogP contribution >= 0.6 is 0 Å². The molecule has 2 aromatic carbocycles. The fourth-order valence-electron chi connectivity index (χ4n) is 3.64. The van der Waals surface area contributed by atoms with Gasteiger partial charge < -0.3 is 4.74 Å². The fourth-order valence-corrected chi connectivity index (χ4v) is 3.64. The molecule has 30 heavy (non-hydrogen) atoms. The second-order valence-electron chi connectivity index (χ2n) is 8.04. The third kappa shape index (κ3) is 4.45. The molecule has 3 rings (SSSR count). The number of rotatable bonds is 8. The minimum Gasteiger partial charge on any atom is -0.459 e. The third-order valence-corrected chi connectivity index (χ3v) is 5.64. The number of hydrogen-bond acceptors (Lipinski definition) is 4. The molecule has 1 atom stereocenters. The lowest BCUT2D eigenvalue weighted by atomic mass is 10.1. The first-order valence-electron chi connectivity index (χ1n) is 10.6. The molecule has 0 unspecified atom stereocenters. The average molecular weight is 408 g/mol. The molecule has 0 aromatic heterocycles. The van der Waals surface area contributed by atoms with Crippen molar-refractivity contribution >= 4 is 23.5 Å². The molecule has 1 aliphatic rings. The molecule has 1 aliphatic heterocycles. The molecule has 158 valence electrons. The van der Waals surface area contributed by atoms with E-state index in [-0.39, 0.29) is 23.1 Å². The standard InChI is InChI=1S/C25H29NO4/c1-5-6-7-8-9-18(4)30-25(29)19-11-13-21-22(15-19)24(28)26(23(21)27)20-12-10-16(2)17(3)14-20/h10-15,18H,5-9H2,1-4H3/t18-/m1/s1. The molecule has 0 N–H and O–H groups in total. The predicted molar refractivity (Wildman–Crippen MR) is 117 cm³/mol. The average Bonchev–Trinajstić information content (AvgIpc) is 2.97. The maximum absolute atomic E-state index is 13.0. The molecule has 5 heteroatoms. The zero-order valence-corrected chi connectivity index (χ0v) is 18.2. The highest BCUT2D eigenvalue weighted by Gasteiger charge is 2.37. The van der Waals surface area contributed by atoms with Crippen LogP contribution in [0.1, 0.15) is 88.2 Å². The Kier molecular flexibility index (Phi) is 6.70.